The SMILES string of the molecule is CC(C)CC1=Cc2ccccc2S1(C#N)C(F)(F)F. The molecule has 1 aliphatic heterocycles. The smallest absolute Gasteiger partial charge is 0.186 e. The number of allylic oxidation sites excluding steroid dienone is 1. The number of halogens is 3. The maximum absolute atomic E-state index is 13.6. The predicted molar refractivity (Wildman–Crippen MR) is 71.4 cm³/mol. The number of rotatable bonds is 2. The van der Waals surface area contributed by atoms with E-state index in [4.69, 9.17) is 0 Å². The van der Waals surface area contributed by atoms with Crippen LogP contribution in [0.5, 0.6) is 0 Å². The maximum Gasteiger partial charge on any atom is 0.445 e. The van der Waals surface area contributed by atoms with Gasteiger partial charge in [0.1, 0.15) is 5.40 Å². The largest absolute Gasteiger partial charge is 0.445 e. The van der Waals surface area contributed by atoms with E-state index >= 15 is 0 Å². The summed E-state index contributed by atoms with van der Waals surface area (Å²) in [5.74, 6) is 0.0862. The van der Waals surface area contributed by atoms with E-state index in [-0.39, 0.29) is 15.7 Å². The minimum Gasteiger partial charge on any atom is -0.186 e. The van der Waals surface area contributed by atoms with Crippen LogP contribution in [0.3, 0.4) is 0 Å². The molecule has 0 radical (unpaired) electrons. The van der Waals surface area contributed by atoms with Gasteiger partial charge in [-0.2, -0.15) is 18.4 Å². The fourth-order valence-electron chi connectivity index (χ4n) is 2.30. The fraction of sp³-hybridized carbons (Fsp3) is 0.357. The topological polar surface area (TPSA) is 23.8 Å². The Morgan fingerprint density at radius 2 is 1.89 bits per heavy atom. The van der Waals surface area contributed by atoms with Gasteiger partial charge in [-0.1, -0.05) is 32.0 Å². The first-order chi connectivity index (χ1) is 8.83. The molecule has 19 heavy (non-hydrogen) atoms. The van der Waals surface area contributed by atoms with Crippen molar-refractivity contribution in [3.05, 3.63) is 34.7 Å². The first kappa shape index (κ1) is 14.0. The summed E-state index contributed by atoms with van der Waals surface area (Å²) in [4.78, 5) is 0.374. The van der Waals surface area contributed by atoms with E-state index in [0.29, 0.717) is 12.0 Å². The van der Waals surface area contributed by atoms with Crippen LogP contribution in [0.15, 0.2) is 34.1 Å². The number of nitriles is 1. The van der Waals surface area contributed by atoms with Crippen molar-refractivity contribution in [2.75, 3.05) is 0 Å². The molecule has 0 fully saturated rings. The number of hydrogen-bond donors (Lipinski definition) is 0. The van der Waals surface area contributed by atoms with E-state index in [1.165, 1.54) is 6.07 Å². The second kappa shape index (κ2) is 4.61. The summed E-state index contributed by atoms with van der Waals surface area (Å²) in [7, 11) is -3.54. The van der Waals surface area contributed by atoms with Crippen LogP contribution in [0, 0.1) is 16.6 Å². The monoisotopic (exact) mass is 285 g/mol. The van der Waals surface area contributed by atoms with Crippen LogP contribution in [-0.4, -0.2) is 5.51 Å². The van der Waals surface area contributed by atoms with Gasteiger partial charge >= 0.3 is 5.51 Å². The summed E-state index contributed by atoms with van der Waals surface area (Å²) in [5, 5.41) is 10.9. The molecule has 1 unspecified atom stereocenters. The molecule has 0 N–H and O–H groups in total. The normalized spacial score (nSPS) is 25.4. The molecular formula is C14H14F3NS. The molecule has 1 aromatic rings. The Labute approximate surface area is 112 Å². The van der Waals surface area contributed by atoms with E-state index in [0.717, 1.165) is 0 Å². The van der Waals surface area contributed by atoms with Crippen molar-refractivity contribution in [2.45, 2.75) is 30.7 Å². The predicted octanol–water partition coefficient (Wildman–Crippen LogP) is 5.25. The molecule has 0 spiro atoms. The maximum atomic E-state index is 13.6. The van der Waals surface area contributed by atoms with Crippen molar-refractivity contribution in [2.24, 2.45) is 5.92 Å². The number of thiocyanates is 1. The van der Waals surface area contributed by atoms with Gasteiger partial charge in [0.25, 0.3) is 0 Å². The van der Waals surface area contributed by atoms with Crippen molar-refractivity contribution < 1.29 is 13.2 Å². The zero-order chi connectivity index (χ0) is 14.3. The van der Waals surface area contributed by atoms with Crippen LogP contribution in [0.2, 0.25) is 0 Å². The van der Waals surface area contributed by atoms with Crippen LogP contribution in [0.25, 0.3) is 6.08 Å². The van der Waals surface area contributed by atoms with Gasteiger partial charge in [-0.25, -0.2) is 0 Å². The summed E-state index contributed by atoms with van der Waals surface area (Å²) >= 11 is 0. The minimum absolute atomic E-state index is 0.0862. The number of fused-ring (bicyclic) bond motifs is 1. The highest BCUT2D eigenvalue weighted by atomic mass is 32.3. The highest BCUT2D eigenvalue weighted by molar-refractivity contribution is 8.41. The van der Waals surface area contributed by atoms with Crippen LogP contribution in [-0.2, 0) is 0 Å². The van der Waals surface area contributed by atoms with Crippen molar-refractivity contribution >= 4 is 16.1 Å². The van der Waals surface area contributed by atoms with Gasteiger partial charge < -0.3 is 0 Å². The lowest BCUT2D eigenvalue weighted by atomic mass is 10.1. The van der Waals surface area contributed by atoms with E-state index in [9.17, 15) is 18.4 Å². The van der Waals surface area contributed by atoms with Gasteiger partial charge in [0.2, 0.25) is 0 Å². The Hall–Kier alpha value is -1.41. The molecular weight excluding hydrogens is 271 g/mol. The Kier molecular flexibility index (Phi) is 3.40. The van der Waals surface area contributed by atoms with Crippen molar-refractivity contribution in [1.82, 2.24) is 0 Å². The summed E-state index contributed by atoms with van der Waals surface area (Å²) in [6.45, 7) is 3.73. The number of nitrogens with zero attached hydrogens (tertiary/aromatic N) is 1. The number of benzene rings is 1. The standard InChI is InChI=1S/C14H14F3NS/c1-10(2)7-12-8-11-5-3-4-6-13(11)19(12,9-18)14(15,16)17/h3-6,8,10H,7H2,1-2H3. The van der Waals surface area contributed by atoms with Gasteiger partial charge in [0.15, 0.2) is 0 Å². The summed E-state index contributed by atoms with van der Waals surface area (Å²) in [5.41, 5.74) is -3.98. The van der Waals surface area contributed by atoms with E-state index in [2.05, 4.69) is 0 Å². The summed E-state index contributed by atoms with van der Waals surface area (Å²) < 4.78 is 40.7. The minimum atomic E-state index is -4.52. The van der Waals surface area contributed by atoms with Gasteiger partial charge in [0.05, 0.1) is 0 Å². The molecule has 0 saturated heterocycles. The molecule has 1 atom stereocenters. The molecule has 0 bridgehead atoms. The molecule has 1 nitrogen and oxygen atoms in total. The Morgan fingerprint density at radius 1 is 1.26 bits per heavy atom. The van der Waals surface area contributed by atoms with Crippen LogP contribution in [0.1, 0.15) is 25.8 Å². The van der Waals surface area contributed by atoms with Gasteiger partial charge in [-0.05, 0) is 45.0 Å². The summed E-state index contributed by atoms with van der Waals surface area (Å²) in [6, 6.07) is 6.35. The highest BCUT2D eigenvalue weighted by Gasteiger charge is 2.57. The van der Waals surface area contributed by atoms with Crippen molar-refractivity contribution in [3.63, 3.8) is 0 Å². The van der Waals surface area contributed by atoms with Gasteiger partial charge in [0, 0.05) is 4.90 Å². The number of hydrogen-bond acceptors (Lipinski definition) is 1. The lowest BCUT2D eigenvalue weighted by Crippen LogP contribution is -2.20. The molecule has 0 amide bonds. The fourth-order valence-corrected chi connectivity index (χ4v) is 5.10. The van der Waals surface area contributed by atoms with E-state index < -0.39 is 15.5 Å². The van der Waals surface area contributed by atoms with Crippen molar-refractivity contribution in [3.8, 4) is 5.40 Å². The zero-order valence-corrected chi connectivity index (χ0v) is 11.5. The highest BCUT2D eigenvalue weighted by Crippen LogP contribution is 2.76. The van der Waals surface area contributed by atoms with Crippen LogP contribution >= 0.6 is 10.0 Å². The Bertz CT molecular complexity index is 569. The Balaban J connectivity index is 2.67. The third-order valence-corrected chi connectivity index (χ3v) is 6.12. The molecule has 0 aliphatic carbocycles. The second-order valence-electron chi connectivity index (χ2n) is 4.90. The zero-order valence-electron chi connectivity index (χ0n) is 10.7. The molecule has 5 heteroatoms. The van der Waals surface area contributed by atoms with Crippen LogP contribution in [0.4, 0.5) is 13.2 Å². The molecule has 0 saturated carbocycles. The number of alkyl halides is 3. The molecule has 0 aromatic heterocycles. The molecule has 1 aliphatic rings. The molecule has 102 valence electrons. The first-order valence-electron chi connectivity index (χ1n) is 5.93. The quantitative estimate of drug-likeness (QED) is 0.681. The van der Waals surface area contributed by atoms with Crippen LogP contribution < -0.4 is 0 Å². The van der Waals surface area contributed by atoms with Gasteiger partial charge in [-0.3, -0.25) is 0 Å². The third-order valence-electron chi connectivity index (χ3n) is 3.05. The van der Waals surface area contributed by atoms with E-state index in [1.807, 2.05) is 13.8 Å². The summed E-state index contributed by atoms with van der Waals surface area (Å²) in [6.07, 6.45) is 1.86. The lowest BCUT2D eigenvalue weighted by molar-refractivity contribution is -0.0366. The Morgan fingerprint density at radius 3 is 2.42 bits per heavy atom. The molecule has 1 heterocycles. The lowest BCUT2D eigenvalue weighted by Gasteiger charge is -2.34. The first-order valence-corrected chi connectivity index (χ1v) is 7.56. The molecule has 1 aromatic carbocycles. The second-order valence-corrected chi connectivity index (χ2v) is 7.73. The average Bonchev–Trinajstić information content (AvgIpc) is 2.61. The average molecular weight is 285 g/mol. The van der Waals surface area contributed by atoms with Crippen molar-refractivity contribution in [1.29, 1.82) is 5.26 Å². The van der Waals surface area contributed by atoms with Gasteiger partial charge in [-0.15, -0.1) is 0 Å². The van der Waals surface area contributed by atoms with E-state index in [1.54, 1.807) is 29.7 Å². The third kappa shape index (κ3) is 2.04. The molecule has 2 rings (SSSR count).